The summed E-state index contributed by atoms with van der Waals surface area (Å²) in [5, 5.41) is 0. The van der Waals surface area contributed by atoms with Crippen molar-refractivity contribution in [3.63, 3.8) is 0 Å². The molecule has 0 aromatic heterocycles. The van der Waals surface area contributed by atoms with Crippen LogP contribution in [0.3, 0.4) is 0 Å². The molecule has 1 heteroatoms. The molecule has 0 bridgehead atoms. The van der Waals surface area contributed by atoms with Gasteiger partial charge in [-0.15, -0.1) is 0 Å². The van der Waals surface area contributed by atoms with Gasteiger partial charge in [0.05, 0.1) is 0 Å². The maximum absolute atomic E-state index is 2.26. The third-order valence-corrected chi connectivity index (χ3v) is 1.57. The molecule has 1 rings (SSSR count). The fourth-order valence-corrected chi connectivity index (χ4v) is 1.11. The van der Waals surface area contributed by atoms with E-state index in [0.717, 1.165) is 13.0 Å². The monoisotopic (exact) mass is 149 g/mol. The maximum atomic E-state index is 2.26. The highest BCUT2D eigenvalue weighted by Crippen LogP contribution is 2.05. The Balaban J connectivity index is 2.51. The zero-order valence-electron chi connectivity index (χ0n) is 7.25. The highest BCUT2D eigenvalue weighted by atomic mass is 15.0. The quantitative estimate of drug-likeness (QED) is 0.580. The van der Waals surface area contributed by atoms with Crippen molar-refractivity contribution in [1.29, 1.82) is 0 Å². The van der Waals surface area contributed by atoms with Crippen LogP contribution in [0.4, 0.5) is 0 Å². The number of nitrogens with zero attached hydrogens (tertiary/aromatic N) is 1. The van der Waals surface area contributed by atoms with Crippen molar-refractivity contribution in [2.24, 2.45) is 0 Å². The molecule has 0 N–H and O–H groups in total. The maximum Gasteiger partial charge on any atom is 0.0224 e. The summed E-state index contributed by atoms with van der Waals surface area (Å²) in [6.07, 6.45) is 11.9. The molecular formula is C10H15N. The van der Waals surface area contributed by atoms with Gasteiger partial charge in [0.2, 0.25) is 0 Å². The van der Waals surface area contributed by atoms with Gasteiger partial charge in [0.15, 0.2) is 0 Å². The Bertz CT molecular complexity index is 197. The lowest BCUT2D eigenvalue weighted by Crippen LogP contribution is -2.14. The Morgan fingerprint density at radius 3 is 2.91 bits per heavy atom. The van der Waals surface area contributed by atoms with Crippen LogP contribution in [0.15, 0.2) is 36.0 Å². The first-order valence-electron chi connectivity index (χ1n) is 3.96. The van der Waals surface area contributed by atoms with E-state index in [9.17, 15) is 0 Å². The molecular weight excluding hydrogens is 134 g/mol. The van der Waals surface area contributed by atoms with E-state index in [2.05, 4.69) is 49.4 Å². The lowest BCUT2D eigenvalue weighted by Gasteiger charge is -2.09. The molecule has 0 atom stereocenters. The second-order valence-electron chi connectivity index (χ2n) is 3.04. The van der Waals surface area contributed by atoms with E-state index in [1.165, 1.54) is 5.57 Å². The fraction of sp³-hybridized carbons (Fsp3) is 0.400. The van der Waals surface area contributed by atoms with Crippen molar-refractivity contribution in [3.8, 4) is 0 Å². The molecule has 0 fully saturated rings. The molecule has 1 aliphatic rings. The van der Waals surface area contributed by atoms with Crippen LogP contribution in [0.5, 0.6) is 0 Å². The average molecular weight is 149 g/mol. The second kappa shape index (κ2) is 4.14. The Morgan fingerprint density at radius 1 is 1.36 bits per heavy atom. The van der Waals surface area contributed by atoms with E-state index >= 15 is 0 Å². The van der Waals surface area contributed by atoms with Crippen LogP contribution in [0.25, 0.3) is 0 Å². The van der Waals surface area contributed by atoms with Crippen LogP contribution in [0.2, 0.25) is 0 Å². The summed E-state index contributed by atoms with van der Waals surface area (Å²) in [6.45, 7) is 1.04. The molecule has 0 aliphatic heterocycles. The van der Waals surface area contributed by atoms with Gasteiger partial charge < -0.3 is 4.90 Å². The van der Waals surface area contributed by atoms with E-state index < -0.39 is 0 Å². The van der Waals surface area contributed by atoms with Gasteiger partial charge in [-0.2, -0.15) is 0 Å². The molecule has 11 heavy (non-hydrogen) atoms. The molecule has 0 spiro atoms. The number of allylic oxidation sites excluding steroid dienone is 4. The number of hydrogen-bond donors (Lipinski definition) is 0. The number of likely N-dealkylation sites (N-methyl/N-ethyl adjacent to an activating group) is 1. The Kier molecular flexibility index (Phi) is 3.12. The van der Waals surface area contributed by atoms with Crippen LogP contribution in [0, 0.1) is 0 Å². The zero-order chi connectivity index (χ0) is 8.10. The highest BCUT2D eigenvalue weighted by molar-refractivity contribution is 5.27. The van der Waals surface area contributed by atoms with Gasteiger partial charge in [0.25, 0.3) is 0 Å². The largest absolute Gasteiger partial charge is 0.305 e. The van der Waals surface area contributed by atoms with Gasteiger partial charge in [-0.3, -0.25) is 0 Å². The van der Waals surface area contributed by atoms with Crippen LogP contribution in [-0.2, 0) is 0 Å². The predicted molar refractivity (Wildman–Crippen MR) is 49.5 cm³/mol. The smallest absolute Gasteiger partial charge is 0.0224 e. The first kappa shape index (κ1) is 8.28. The van der Waals surface area contributed by atoms with Crippen molar-refractivity contribution in [3.05, 3.63) is 36.0 Å². The van der Waals surface area contributed by atoms with Gasteiger partial charge in [-0.25, -0.2) is 0 Å². The highest BCUT2D eigenvalue weighted by Gasteiger charge is 1.94. The van der Waals surface area contributed by atoms with Crippen molar-refractivity contribution in [2.75, 3.05) is 20.6 Å². The molecule has 0 aromatic rings. The zero-order valence-corrected chi connectivity index (χ0v) is 7.25. The van der Waals surface area contributed by atoms with Crippen molar-refractivity contribution >= 4 is 0 Å². The topological polar surface area (TPSA) is 3.24 Å². The van der Waals surface area contributed by atoms with Crippen LogP contribution in [-0.4, -0.2) is 25.5 Å². The standard InChI is InChI=1S/C10H15N/c1-11(2)9-10-7-5-3-4-6-8-10/h3-5,7-8H,6,9H2,1-2H3. The molecule has 1 aliphatic carbocycles. The van der Waals surface area contributed by atoms with Crippen LogP contribution in [0.1, 0.15) is 6.42 Å². The Hall–Kier alpha value is -0.820. The molecule has 0 aromatic carbocycles. The number of rotatable bonds is 2. The molecule has 0 saturated heterocycles. The molecule has 0 saturated carbocycles. The van der Waals surface area contributed by atoms with Crippen molar-refractivity contribution in [2.45, 2.75) is 6.42 Å². The van der Waals surface area contributed by atoms with Gasteiger partial charge in [-0.1, -0.05) is 30.4 Å². The molecule has 0 unspecified atom stereocenters. The SMILES string of the molecule is CN(C)CC1=CCC=CC=C1. The Morgan fingerprint density at radius 2 is 2.18 bits per heavy atom. The summed E-state index contributed by atoms with van der Waals surface area (Å²) in [6, 6.07) is 0. The normalized spacial score (nSPS) is 16.8. The number of hydrogen-bond acceptors (Lipinski definition) is 1. The van der Waals surface area contributed by atoms with Crippen molar-refractivity contribution < 1.29 is 0 Å². The van der Waals surface area contributed by atoms with E-state index in [-0.39, 0.29) is 0 Å². The summed E-state index contributed by atoms with van der Waals surface area (Å²) in [4.78, 5) is 2.18. The molecule has 0 heterocycles. The van der Waals surface area contributed by atoms with E-state index in [0.29, 0.717) is 0 Å². The molecule has 1 nitrogen and oxygen atoms in total. The summed E-state index contributed by atoms with van der Waals surface area (Å²) < 4.78 is 0. The van der Waals surface area contributed by atoms with Crippen molar-refractivity contribution in [1.82, 2.24) is 4.90 Å². The summed E-state index contributed by atoms with van der Waals surface area (Å²) in [7, 11) is 4.18. The average Bonchev–Trinajstić information content (AvgIpc) is 2.14. The first-order valence-corrected chi connectivity index (χ1v) is 3.96. The first-order chi connectivity index (χ1) is 5.29. The third kappa shape index (κ3) is 3.19. The lowest BCUT2D eigenvalue weighted by atomic mass is 10.2. The summed E-state index contributed by atoms with van der Waals surface area (Å²) in [5.41, 5.74) is 1.40. The second-order valence-corrected chi connectivity index (χ2v) is 3.04. The van der Waals surface area contributed by atoms with Crippen LogP contribution < -0.4 is 0 Å². The lowest BCUT2D eigenvalue weighted by molar-refractivity contribution is 0.448. The van der Waals surface area contributed by atoms with Crippen LogP contribution >= 0.6 is 0 Å². The van der Waals surface area contributed by atoms with E-state index in [1.807, 2.05) is 0 Å². The fourth-order valence-electron chi connectivity index (χ4n) is 1.11. The molecule has 0 amide bonds. The minimum absolute atomic E-state index is 1.04. The van der Waals surface area contributed by atoms with Gasteiger partial charge in [-0.05, 0) is 26.1 Å². The minimum atomic E-state index is 1.04. The third-order valence-electron chi connectivity index (χ3n) is 1.57. The predicted octanol–water partition coefficient (Wildman–Crippen LogP) is 1.99. The van der Waals surface area contributed by atoms with E-state index in [4.69, 9.17) is 0 Å². The minimum Gasteiger partial charge on any atom is -0.305 e. The molecule has 0 radical (unpaired) electrons. The van der Waals surface area contributed by atoms with Gasteiger partial charge in [0, 0.05) is 6.54 Å². The van der Waals surface area contributed by atoms with Gasteiger partial charge >= 0.3 is 0 Å². The summed E-state index contributed by atoms with van der Waals surface area (Å²) in [5.74, 6) is 0. The summed E-state index contributed by atoms with van der Waals surface area (Å²) >= 11 is 0. The van der Waals surface area contributed by atoms with Gasteiger partial charge in [0.1, 0.15) is 0 Å². The Labute approximate surface area is 68.7 Å². The molecule has 60 valence electrons. The van der Waals surface area contributed by atoms with E-state index in [1.54, 1.807) is 0 Å².